The fourth-order valence-corrected chi connectivity index (χ4v) is 1.42. The van der Waals surface area contributed by atoms with E-state index in [2.05, 4.69) is 10.6 Å². The maximum absolute atomic E-state index is 13.1. The summed E-state index contributed by atoms with van der Waals surface area (Å²) in [6.07, 6.45) is -3.46. The minimum absolute atomic E-state index is 0.153. The zero-order valence-electron chi connectivity index (χ0n) is 8.97. The Morgan fingerprint density at radius 2 is 2.24 bits per heavy atom. The summed E-state index contributed by atoms with van der Waals surface area (Å²) in [5, 5.41) is 0.450. The summed E-state index contributed by atoms with van der Waals surface area (Å²) < 4.78 is 30.5. The lowest BCUT2D eigenvalue weighted by atomic mass is 10.1. The normalized spacial score (nSPS) is 11.1. The molecule has 0 aliphatic carbocycles. The van der Waals surface area contributed by atoms with Crippen molar-refractivity contribution in [3.8, 4) is 5.75 Å². The number of amides is 1. The van der Waals surface area contributed by atoms with E-state index in [-0.39, 0.29) is 5.75 Å². The van der Waals surface area contributed by atoms with Crippen molar-refractivity contribution in [2.45, 2.75) is 19.5 Å². The van der Waals surface area contributed by atoms with Crippen LogP contribution in [0.4, 0.5) is 8.78 Å². The van der Waals surface area contributed by atoms with Gasteiger partial charge in [0.05, 0.1) is 0 Å². The van der Waals surface area contributed by atoms with Crippen molar-refractivity contribution in [2.75, 3.05) is 0 Å². The molecule has 0 bridgehead atoms. The topological polar surface area (TPSA) is 64.3 Å². The highest BCUT2D eigenvalue weighted by atomic mass is 35.5. The number of aryl methyl sites for hydroxylation is 1. The van der Waals surface area contributed by atoms with E-state index in [9.17, 15) is 13.6 Å². The predicted octanol–water partition coefficient (Wildman–Crippen LogP) is 1.86. The van der Waals surface area contributed by atoms with Gasteiger partial charge in [-0.3, -0.25) is 10.2 Å². The maximum Gasteiger partial charge on any atom is 0.483 e. The van der Waals surface area contributed by atoms with Crippen molar-refractivity contribution in [1.29, 1.82) is 0 Å². The first-order valence-corrected chi connectivity index (χ1v) is 5.14. The number of benzene rings is 1. The molecule has 1 aromatic carbocycles. The summed E-state index contributed by atoms with van der Waals surface area (Å²) in [5.74, 6) is 2.74. The molecule has 94 valence electrons. The number of hydrogen-bond donors (Lipinski definition) is 2. The highest BCUT2D eigenvalue weighted by Gasteiger charge is 2.41. The third-order valence-electron chi connectivity index (χ3n) is 2.04. The van der Waals surface area contributed by atoms with E-state index in [0.717, 1.165) is 0 Å². The monoisotopic (exact) mass is 264 g/mol. The number of nitrogens with one attached hydrogen (secondary N) is 1. The van der Waals surface area contributed by atoms with Gasteiger partial charge in [0.2, 0.25) is 0 Å². The van der Waals surface area contributed by atoms with Crippen molar-refractivity contribution in [1.82, 2.24) is 5.43 Å². The van der Waals surface area contributed by atoms with Crippen LogP contribution >= 0.6 is 11.6 Å². The second-order valence-corrected chi connectivity index (χ2v) is 3.61. The number of halogens is 3. The lowest BCUT2D eigenvalue weighted by molar-refractivity contribution is -0.192. The van der Waals surface area contributed by atoms with Crippen molar-refractivity contribution < 1.29 is 18.3 Å². The number of hydrogen-bond acceptors (Lipinski definition) is 3. The number of hydrazine groups is 1. The Hall–Kier alpha value is -1.40. The minimum atomic E-state index is -4.02. The largest absolute Gasteiger partial charge is 0.483 e. The molecule has 0 unspecified atom stereocenters. The van der Waals surface area contributed by atoms with E-state index in [1.54, 1.807) is 0 Å². The van der Waals surface area contributed by atoms with Crippen molar-refractivity contribution >= 4 is 17.5 Å². The summed E-state index contributed by atoms with van der Waals surface area (Å²) in [7, 11) is 0. The molecule has 0 saturated heterocycles. The average molecular weight is 265 g/mol. The smallest absolute Gasteiger partial charge is 0.425 e. The zero-order valence-corrected chi connectivity index (χ0v) is 9.72. The van der Waals surface area contributed by atoms with E-state index < -0.39 is 12.0 Å². The molecule has 17 heavy (non-hydrogen) atoms. The molecule has 0 radical (unpaired) electrons. The van der Waals surface area contributed by atoms with Gasteiger partial charge < -0.3 is 4.74 Å². The molecule has 0 fully saturated rings. The first kappa shape index (κ1) is 13.7. The Morgan fingerprint density at radius 1 is 1.59 bits per heavy atom. The Bertz CT molecular complexity index is 427. The standard InChI is InChI=1S/C10H11ClF2N2O2/c1-2-6-5-7(3-4-8(6)11)17-10(12,13)9(16)15-14/h3-5H,2,14H2,1H3,(H,15,16). The van der Waals surface area contributed by atoms with Gasteiger partial charge >= 0.3 is 12.0 Å². The SMILES string of the molecule is CCc1cc(OC(F)(F)C(=O)NN)ccc1Cl. The fourth-order valence-electron chi connectivity index (χ4n) is 1.16. The summed E-state index contributed by atoms with van der Waals surface area (Å²) in [6.45, 7) is 1.82. The van der Waals surface area contributed by atoms with Gasteiger partial charge in [0, 0.05) is 5.02 Å². The lowest BCUT2D eigenvalue weighted by Gasteiger charge is -2.16. The van der Waals surface area contributed by atoms with Crippen LogP contribution in [0.2, 0.25) is 5.02 Å². The van der Waals surface area contributed by atoms with Gasteiger partial charge in [0.25, 0.3) is 0 Å². The minimum Gasteiger partial charge on any atom is -0.425 e. The highest BCUT2D eigenvalue weighted by molar-refractivity contribution is 6.31. The van der Waals surface area contributed by atoms with E-state index in [4.69, 9.17) is 11.6 Å². The molecule has 0 saturated carbocycles. The lowest BCUT2D eigenvalue weighted by Crippen LogP contribution is -2.47. The molecule has 3 N–H and O–H groups in total. The molecular formula is C10H11ClF2N2O2. The van der Waals surface area contributed by atoms with E-state index >= 15 is 0 Å². The van der Waals surface area contributed by atoms with Gasteiger partial charge in [-0.1, -0.05) is 18.5 Å². The van der Waals surface area contributed by atoms with Crippen LogP contribution in [-0.2, 0) is 11.2 Å². The molecule has 0 aliphatic rings. The average Bonchev–Trinajstić information content (AvgIpc) is 2.30. The molecule has 0 atom stereocenters. The molecule has 1 aromatic rings. The van der Waals surface area contributed by atoms with Crippen LogP contribution in [0.15, 0.2) is 18.2 Å². The summed E-state index contributed by atoms with van der Waals surface area (Å²) in [6, 6.07) is 4.02. The second-order valence-electron chi connectivity index (χ2n) is 3.20. The zero-order chi connectivity index (χ0) is 13.1. The molecule has 0 aliphatic heterocycles. The summed E-state index contributed by atoms with van der Waals surface area (Å²) in [5.41, 5.74) is 1.97. The molecule has 0 aromatic heterocycles. The van der Waals surface area contributed by atoms with Gasteiger partial charge in [0.1, 0.15) is 5.75 Å². The number of ether oxygens (including phenoxy) is 1. The number of rotatable bonds is 4. The van der Waals surface area contributed by atoms with E-state index in [1.807, 2.05) is 6.92 Å². The molecule has 1 amide bonds. The molecule has 0 heterocycles. The van der Waals surface area contributed by atoms with Crippen LogP contribution in [0.25, 0.3) is 0 Å². The Labute approximate surface area is 102 Å². The number of carbonyl (C=O) groups excluding carboxylic acids is 1. The Balaban J connectivity index is 2.92. The summed E-state index contributed by atoms with van der Waals surface area (Å²) >= 11 is 5.82. The maximum atomic E-state index is 13.1. The molecule has 0 spiro atoms. The third-order valence-corrected chi connectivity index (χ3v) is 2.41. The van der Waals surface area contributed by atoms with Crippen LogP contribution in [-0.4, -0.2) is 12.0 Å². The fraction of sp³-hybridized carbons (Fsp3) is 0.300. The Morgan fingerprint density at radius 3 is 2.76 bits per heavy atom. The predicted molar refractivity (Wildman–Crippen MR) is 58.7 cm³/mol. The van der Waals surface area contributed by atoms with Gasteiger partial charge in [-0.05, 0) is 30.2 Å². The first-order valence-electron chi connectivity index (χ1n) is 4.77. The van der Waals surface area contributed by atoms with Crippen molar-refractivity contribution in [2.24, 2.45) is 5.84 Å². The molecular weight excluding hydrogens is 254 g/mol. The number of alkyl halides is 2. The number of carbonyl (C=O) groups is 1. The van der Waals surface area contributed by atoms with Gasteiger partial charge in [-0.15, -0.1) is 0 Å². The third kappa shape index (κ3) is 3.28. The van der Waals surface area contributed by atoms with Crippen LogP contribution in [0, 0.1) is 0 Å². The van der Waals surface area contributed by atoms with Gasteiger partial charge in [-0.2, -0.15) is 8.78 Å². The van der Waals surface area contributed by atoms with Gasteiger partial charge in [0.15, 0.2) is 0 Å². The van der Waals surface area contributed by atoms with Crippen LogP contribution < -0.4 is 16.0 Å². The van der Waals surface area contributed by atoms with Crippen LogP contribution in [0.3, 0.4) is 0 Å². The highest BCUT2D eigenvalue weighted by Crippen LogP contribution is 2.26. The van der Waals surface area contributed by atoms with Crippen molar-refractivity contribution in [3.05, 3.63) is 28.8 Å². The van der Waals surface area contributed by atoms with Crippen LogP contribution in [0.5, 0.6) is 5.75 Å². The molecule has 4 nitrogen and oxygen atoms in total. The van der Waals surface area contributed by atoms with Crippen molar-refractivity contribution in [3.63, 3.8) is 0 Å². The van der Waals surface area contributed by atoms with E-state index in [1.165, 1.54) is 23.6 Å². The second kappa shape index (κ2) is 5.29. The summed E-state index contributed by atoms with van der Waals surface area (Å²) in [4.78, 5) is 10.7. The molecule has 1 rings (SSSR count). The number of nitrogens with two attached hydrogens (primary N) is 1. The van der Waals surface area contributed by atoms with Gasteiger partial charge in [-0.25, -0.2) is 5.84 Å². The van der Waals surface area contributed by atoms with Crippen LogP contribution in [0.1, 0.15) is 12.5 Å². The quantitative estimate of drug-likeness (QED) is 0.496. The molecule has 7 heteroatoms. The van der Waals surface area contributed by atoms with E-state index in [0.29, 0.717) is 17.0 Å². The Kier molecular flexibility index (Phi) is 4.25. The first-order chi connectivity index (χ1) is 7.90.